The lowest BCUT2D eigenvalue weighted by atomic mass is 10.1. The normalized spacial score (nSPS) is 19.5. The van der Waals surface area contributed by atoms with E-state index in [1.807, 2.05) is 18.3 Å². The maximum Gasteiger partial charge on any atom is 0.0755 e. The summed E-state index contributed by atoms with van der Waals surface area (Å²) in [6.45, 7) is 3.27. The summed E-state index contributed by atoms with van der Waals surface area (Å²) in [5.74, 6) is 0. The third-order valence-corrected chi connectivity index (χ3v) is 4.23. The molecule has 0 aliphatic carbocycles. The number of benzene rings is 1. The highest BCUT2D eigenvalue weighted by Gasteiger charge is 2.26. The van der Waals surface area contributed by atoms with E-state index < -0.39 is 0 Å². The SMILES string of the molecule is c1ccc2c(CN3CCOC[C@@H]3c3ccn[nH]3)ccnc2c1. The molecule has 0 saturated carbocycles. The van der Waals surface area contributed by atoms with Crippen molar-refractivity contribution < 1.29 is 4.74 Å². The molecule has 0 unspecified atom stereocenters. The minimum absolute atomic E-state index is 0.225. The molecule has 1 aliphatic heterocycles. The molecule has 3 heterocycles. The molecule has 1 aromatic carbocycles. The molecule has 0 bridgehead atoms. The zero-order valence-corrected chi connectivity index (χ0v) is 12.3. The number of nitrogens with one attached hydrogen (secondary N) is 1. The molecule has 5 nitrogen and oxygen atoms in total. The van der Waals surface area contributed by atoms with E-state index in [4.69, 9.17) is 4.74 Å². The average Bonchev–Trinajstić information content (AvgIpc) is 3.10. The Labute approximate surface area is 128 Å². The van der Waals surface area contributed by atoms with Gasteiger partial charge in [0.15, 0.2) is 0 Å². The minimum atomic E-state index is 0.225. The zero-order valence-electron chi connectivity index (χ0n) is 12.3. The fraction of sp³-hybridized carbons (Fsp3) is 0.294. The summed E-state index contributed by atoms with van der Waals surface area (Å²) >= 11 is 0. The van der Waals surface area contributed by atoms with Gasteiger partial charge < -0.3 is 4.74 Å². The highest BCUT2D eigenvalue weighted by atomic mass is 16.5. The van der Waals surface area contributed by atoms with Crippen LogP contribution in [0.25, 0.3) is 10.9 Å². The van der Waals surface area contributed by atoms with E-state index in [1.165, 1.54) is 10.9 Å². The van der Waals surface area contributed by atoms with Gasteiger partial charge in [0.1, 0.15) is 0 Å². The van der Waals surface area contributed by atoms with E-state index in [0.29, 0.717) is 6.61 Å². The second kappa shape index (κ2) is 5.87. The van der Waals surface area contributed by atoms with E-state index >= 15 is 0 Å². The number of aromatic nitrogens is 3. The second-order valence-corrected chi connectivity index (χ2v) is 5.56. The number of morpholine rings is 1. The van der Waals surface area contributed by atoms with Crippen LogP contribution < -0.4 is 0 Å². The van der Waals surface area contributed by atoms with Crippen molar-refractivity contribution in [1.29, 1.82) is 0 Å². The molecule has 4 rings (SSSR count). The van der Waals surface area contributed by atoms with Crippen LogP contribution in [-0.2, 0) is 11.3 Å². The number of fused-ring (bicyclic) bond motifs is 1. The number of pyridine rings is 1. The summed E-state index contributed by atoms with van der Waals surface area (Å²) in [7, 11) is 0. The Morgan fingerprint density at radius 1 is 1.18 bits per heavy atom. The van der Waals surface area contributed by atoms with Crippen molar-refractivity contribution in [2.24, 2.45) is 0 Å². The molecule has 0 amide bonds. The van der Waals surface area contributed by atoms with Gasteiger partial charge in [-0.25, -0.2) is 0 Å². The van der Waals surface area contributed by atoms with Crippen LogP contribution in [-0.4, -0.2) is 39.8 Å². The molecule has 3 aromatic rings. The number of para-hydroxylation sites is 1. The summed E-state index contributed by atoms with van der Waals surface area (Å²) in [6, 6.07) is 12.7. The standard InChI is InChI=1S/C17H18N4O/c1-2-4-15-14(3-1)13(5-7-18-15)11-21-9-10-22-12-17(21)16-6-8-19-20-16/h1-8,17H,9-12H2,(H,19,20)/t17-/m1/s1. The summed E-state index contributed by atoms with van der Waals surface area (Å²) in [6.07, 6.45) is 3.69. The first-order valence-corrected chi connectivity index (χ1v) is 7.55. The van der Waals surface area contributed by atoms with Crippen molar-refractivity contribution in [2.45, 2.75) is 12.6 Å². The molecule has 5 heteroatoms. The highest BCUT2D eigenvalue weighted by Crippen LogP contribution is 2.26. The molecule has 1 aliphatic rings. The summed E-state index contributed by atoms with van der Waals surface area (Å²) < 4.78 is 5.66. The van der Waals surface area contributed by atoms with Crippen molar-refractivity contribution >= 4 is 10.9 Å². The van der Waals surface area contributed by atoms with E-state index in [2.05, 4.69) is 44.3 Å². The van der Waals surface area contributed by atoms with Crippen LogP contribution in [0, 0.1) is 0 Å². The number of hydrogen-bond donors (Lipinski definition) is 1. The molecule has 22 heavy (non-hydrogen) atoms. The first-order valence-electron chi connectivity index (χ1n) is 7.55. The van der Waals surface area contributed by atoms with E-state index in [-0.39, 0.29) is 6.04 Å². The maximum atomic E-state index is 5.66. The van der Waals surface area contributed by atoms with Gasteiger partial charge in [-0.2, -0.15) is 5.10 Å². The van der Waals surface area contributed by atoms with Crippen molar-refractivity contribution in [3.05, 3.63) is 60.0 Å². The quantitative estimate of drug-likeness (QED) is 0.806. The Kier molecular flexibility index (Phi) is 3.58. The zero-order chi connectivity index (χ0) is 14.8. The van der Waals surface area contributed by atoms with Crippen LogP contribution in [0.4, 0.5) is 0 Å². The molecule has 1 atom stereocenters. The van der Waals surface area contributed by atoms with Gasteiger partial charge >= 0.3 is 0 Å². The number of nitrogens with zero attached hydrogens (tertiary/aromatic N) is 3. The van der Waals surface area contributed by atoms with Crippen LogP contribution in [0.15, 0.2) is 48.8 Å². The summed E-state index contributed by atoms with van der Waals surface area (Å²) in [5.41, 5.74) is 3.46. The van der Waals surface area contributed by atoms with Gasteiger partial charge in [-0.1, -0.05) is 18.2 Å². The van der Waals surface area contributed by atoms with Crippen LogP contribution in [0.1, 0.15) is 17.3 Å². The molecule has 0 radical (unpaired) electrons. The molecule has 1 saturated heterocycles. The van der Waals surface area contributed by atoms with Crippen LogP contribution in [0.5, 0.6) is 0 Å². The lowest BCUT2D eigenvalue weighted by Crippen LogP contribution is -2.39. The average molecular weight is 294 g/mol. The lowest BCUT2D eigenvalue weighted by Gasteiger charge is -2.35. The highest BCUT2D eigenvalue weighted by molar-refractivity contribution is 5.81. The van der Waals surface area contributed by atoms with Crippen molar-refractivity contribution in [3.63, 3.8) is 0 Å². The number of H-pyrrole nitrogens is 1. The van der Waals surface area contributed by atoms with E-state index in [1.54, 1.807) is 6.20 Å². The summed E-state index contributed by atoms with van der Waals surface area (Å²) in [4.78, 5) is 6.89. The molecule has 2 aromatic heterocycles. The summed E-state index contributed by atoms with van der Waals surface area (Å²) in [5, 5.41) is 8.37. The fourth-order valence-corrected chi connectivity index (χ4v) is 3.08. The number of aromatic amines is 1. The molecule has 1 fully saturated rings. The number of ether oxygens (including phenoxy) is 1. The van der Waals surface area contributed by atoms with Crippen LogP contribution in [0.3, 0.4) is 0 Å². The van der Waals surface area contributed by atoms with E-state index in [9.17, 15) is 0 Å². The predicted octanol–water partition coefficient (Wildman–Crippen LogP) is 2.53. The third-order valence-electron chi connectivity index (χ3n) is 4.23. The number of rotatable bonds is 3. The molecular formula is C17H18N4O. The Balaban J connectivity index is 1.65. The van der Waals surface area contributed by atoms with Gasteiger partial charge in [0.2, 0.25) is 0 Å². The lowest BCUT2D eigenvalue weighted by molar-refractivity contribution is -0.0141. The largest absolute Gasteiger partial charge is 0.378 e. The van der Waals surface area contributed by atoms with Crippen LogP contribution >= 0.6 is 0 Å². The first-order chi connectivity index (χ1) is 10.9. The Morgan fingerprint density at radius 3 is 3.05 bits per heavy atom. The second-order valence-electron chi connectivity index (χ2n) is 5.56. The Morgan fingerprint density at radius 2 is 2.14 bits per heavy atom. The van der Waals surface area contributed by atoms with Crippen molar-refractivity contribution in [3.8, 4) is 0 Å². The van der Waals surface area contributed by atoms with Crippen molar-refractivity contribution in [1.82, 2.24) is 20.1 Å². The van der Waals surface area contributed by atoms with Crippen molar-refractivity contribution in [2.75, 3.05) is 19.8 Å². The third kappa shape index (κ3) is 2.49. The fourth-order valence-electron chi connectivity index (χ4n) is 3.08. The van der Waals surface area contributed by atoms with Gasteiger partial charge in [-0.05, 0) is 23.8 Å². The van der Waals surface area contributed by atoms with Gasteiger partial charge in [0.05, 0.1) is 30.5 Å². The van der Waals surface area contributed by atoms with E-state index in [0.717, 1.165) is 30.9 Å². The smallest absolute Gasteiger partial charge is 0.0755 e. The number of hydrogen-bond acceptors (Lipinski definition) is 4. The monoisotopic (exact) mass is 294 g/mol. The van der Waals surface area contributed by atoms with Gasteiger partial charge in [-0.15, -0.1) is 0 Å². The topological polar surface area (TPSA) is 54.0 Å². The molecule has 1 N–H and O–H groups in total. The Hall–Kier alpha value is -2.24. The van der Waals surface area contributed by atoms with Crippen LogP contribution in [0.2, 0.25) is 0 Å². The molecule has 112 valence electrons. The minimum Gasteiger partial charge on any atom is -0.378 e. The van der Waals surface area contributed by atoms with Gasteiger partial charge in [0, 0.05) is 30.9 Å². The van der Waals surface area contributed by atoms with Gasteiger partial charge in [0.25, 0.3) is 0 Å². The Bertz CT molecular complexity index is 751. The van der Waals surface area contributed by atoms with Gasteiger partial charge in [-0.3, -0.25) is 15.0 Å². The maximum absolute atomic E-state index is 5.66. The predicted molar refractivity (Wildman–Crippen MR) is 84.3 cm³/mol. The molecular weight excluding hydrogens is 276 g/mol. The first kappa shape index (κ1) is 13.4. The molecule has 0 spiro atoms.